The van der Waals surface area contributed by atoms with Crippen LogP contribution in [0.4, 0.5) is 14.9 Å². The van der Waals surface area contributed by atoms with E-state index in [4.69, 9.17) is 5.73 Å². The fraction of sp³-hybridized carbons (Fsp3) is 0.533. The molecule has 0 aliphatic heterocycles. The van der Waals surface area contributed by atoms with Crippen LogP contribution in [-0.2, 0) is 0 Å². The lowest BCUT2D eigenvalue weighted by atomic mass is 9.48. The second-order valence-electron chi connectivity index (χ2n) is 6.66. The summed E-state index contributed by atoms with van der Waals surface area (Å²) in [6, 6.07) is 5.40. The van der Waals surface area contributed by atoms with Crippen molar-refractivity contribution in [2.24, 2.45) is 16.6 Å². The van der Waals surface area contributed by atoms with Crippen LogP contribution in [0.1, 0.15) is 27.7 Å². The molecule has 0 bridgehead atoms. The van der Waals surface area contributed by atoms with Crippen molar-refractivity contribution in [2.45, 2.75) is 39.8 Å². The summed E-state index contributed by atoms with van der Waals surface area (Å²) < 4.78 is 12.8. The molecule has 1 fully saturated rings. The van der Waals surface area contributed by atoms with E-state index >= 15 is 0 Å². The minimum Gasteiger partial charge on any atom is -0.334 e. The van der Waals surface area contributed by atoms with Crippen molar-refractivity contribution in [3.63, 3.8) is 0 Å². The molecular weight excluding hydrogens is 257 g/mol. The fourth-order valence-electron chi connectivity index (χ4n) is 3.38. The summed E-state index contributed by atoms with van der Waals surface area (Å²) in [4.78, 5) is 12.0. The number of urea groups is 1. The number of amides is 2. The number of rotatable bonds is 2. The van der Waals surface area contributed by atoms with E-state index in [1.165, 1.54) is 24.3 Å². The van der Waals surface area contributed by atoms with Gasteiger partial charge >= 0.3 is 6.03 Å². The van der Waals surface area contributed by atoms with Gasteiger partial charge in [-0.2, -0.15) is 0 Å². The maximum atomic E-state index is 12.8. The van der Waals surface area contributed by atoms with E-state index in [1.54, 1.807) is 0 Å². The number of carbonyl (C=O) groups excluding carboxylic acids is 1. The van der Waals surface area contributed by atoms with E-state index in [2.05, 4.69) is 10.6 Å². The van der Waals surface area contributed by atoms with Gasteiger partial charge in [-0.1, -0.05) is 27.7 Å². The zero-order valence-electron chi connectivity index (χ0n) is 12.3. The van der Waals surface area contributed by atoms with E-state index in [0.717, 1.165) is 0 Å². The van der Waals surface area contributed by atoms with Crippen LogP contribution < -0.4 is 16.4 Å². The second kappa shape index (κ2) is 4.74. The molecule has 2 rings (SSSR count). The number of nitrogens with two attached hydrogens (primary N) is 1. The van der Waals surface area contributed by atoms with E-state index < -0.39 is 0 Å². The highest BCUT2D eigenvalue weighted by Gasteiger charge is 2.60. The lowest BCUT2D eigenvalue weighted by molar-refractivity contribution is -0.0638. The Balaban J connectivity index is 2.00. The van der Waals surface area contributed by atoms with Crippen LogP contribution in [0.5, 0.6) is 0 Å². The Bertz CT molecular complexity index is 494. The molecule has 1 aliphatic carbocycles. The molecule has 4 nitrogen and oxygen atoms in total. The summed E-state index contributed by atoms with van der Waals surface area (Å²) in [6.45, 7) is 8.19. The molecule has 20 heavy (non-hydrogen) atoms. The predicted octanol–water partition coefficient (Wildman–Crippen LogP) is 2.71. The molecule has 1 saturated carbocycles. The van der Waals surface area contributed by atoms with Gasteiger partial charge < -0.3 is 16.4 Å². The minimum atomic E-state index is -0.330. The van der Waals surface area contributed by atoms with Crippen LogP contribution in [0.3, 0.4) is 0 Å². The molecule has 2 amide bonds. The second-order valence-corrected chi connectivity index (χ2v) is 6.66. The lowest BCUT2D eigenvalue weighted by Crippen LogP contribution is -2.76. The maximum absolute atomic E-state index is 12.8. The van der Waals surface area contributed by atoms with Gasteiger partial charge in [-0.15, -0.1) is 0 Å². The number of carbonyl (C=O) groups is 1. The number of anilines is 1. The average molecular weight is 279 g/mol. The molecule has 1 aromatic carbocycles. The number of hydrogen-bond acceptors (Lipinski definition) is 2. The van der Waals surface area contributed by atoms with Crippen LogP contribution in [0.2, 0.25) is 0 Å². The highest BCUT2D eigenvalue weighted by atomic mass is 19.1. The lowest BCUT2D eigenvalue weighted by Gasteiger charge is -2.62. The molecule has 0 atom stereocenters. The third kappa shape index (κ3) is 2.38. The standard InChI is InChI=1S/C15H22FN3O/c1-14(2)11(17)15(3,4)12(14)19-13(20)18-10-7-5-9(16)6-8-10/h5-8,11-12H,17H2,1-4H3,(H2,18,19,20). The number of hydrogen-bond donors (Lipinski definition) is 3. The Morgan fingerprint density at radius 1 is 1.15 bits per heavy atom. The van der Waals surface area contributed by atoms with Gasteiger partial charge in [-0.3, -0.25) is 0 Å². The van der Waals surface area contributed by atoms with Gasteiger partial charge in [0.15, 0.2) is 0 Å². The fourth-order valence-corrected chi connectivity index (χ4v) is 3.38. The molecule has 0 radical (unpaired) electrons. The molecule has 0 unspecified atom stereocenters. The van der Waals surface area contributed by atoms with Gasteiger partial charge in [0.25, 0.3) is 0 Å². The zero-order valence-corrected chi connectivity index (χ0v) is 12.3. The van der Waals surface area contributed by atoms with Gasteiger partial charge in [0.2, 0.25) is 0 Å². The highest BCUT2D eigenvalue weighted by molar-refractivity contribution is 5.89. The molecular formula is C15H22FN3O. The first-order chi connectivity index (χ1) is 9.15. The van der Waals surface area contributed by atoms with Crippen LogP contribution in [0, 0.1) is 16.6 Å². The van der Waals surface area contributed by atoms with Gasteiger partial charge in [0.05, 0.1) is 0 Å². The first-order valence-corrected chi connectivity index (χ1v) is 6.74. The molecule has 110 valence electrons. The predicted molar refractivity (Wildman–Crippen MR) is 77.9 cm³/mol. The van der Waals surface area contributed by atoms with E-state index in [0.29, 0.717) is 5.69 Å². The van der Waals surface area contributed by atoms with Crippen molar-refractivity contribution in [3.05, 3.63) is 30.1 Å². The Morgan fingerprint density at radius 3 is 2.15 bits per heavy atom. The van der Waals surface area contributed by atoms with Crippen molar-refractivity contribution in [1.29, 1.82) is 0 Å². The van der Waals surface area contributed by atoms with Crippen molar-refractivity contribution >= 4 is 11.7 Å². The van der Waals surface area contributed by atoms with Crippen molar-refractivity contribution in [3.8, 4) is 0 Å². The first kappa shape index (κ1) is 14.8. The Hall–Kier alpha value is -1.62. The van der Waals surface area contributed by atoms with E-state index in [9.17, 15) is 9.18 Å². The summed E-state index contributed by atoms with van der Waals surface area (Å²) in [5.74, 6) is -0.330. The maximum Gasteiger partial charge on any atom is 0.319 e. The van der Waals surface area contributed by atoms with Crippen molar-refractivity contribution in [1.82, 2.24) is 5.32 Å². The largest absolute Gasteiger partial charge is 0.334 e. The summed E-state index contributed by atoms with van der Waals surface area (Å²) in [5.41, 5.74) is 6.42. The molecule has 0 aromatic heterocycles. The quantitative estimate of drug-likeness (QED) is 0.779. The van der Waals surface area contributed by atoms with Crippen LogP contribution in [0.25, 0.3) is 0 Å². The van der Waals surface area contributed by atoms with E-state index in [-0.39, 0.29) is 34.8 Å². The molecule has 4 N–H and O–H groups in total. The van der Waals surface area contributed by atoms with Gasteiger partial charge in [0.1, 0.15) is 5.82 Å². The Morgan fingerprint density at radius 2 is 1.65 bits per heavy atom. The first-order valence-electron chi connectivity index (χ1n) is 6.74. The van der Waals surface area contributed by atoms with Gasteiger partial charge in [-0.25, -0.2) is 9.18 Å². The third-order valence-electron chi connectivity index (χ3n) is 4.47. The van der Waals surface area contributed by atoms with Crippen molar-refractivity contribution < 1.29 is 9.18 Å². The normalized spacial score (nSPS) is 26.5. The van der Waals surface area contributed by atoms with E-state index in [1.807, 2.05) is 27.7 Å². The molecule has 1 aliphatic rings. The number of halogens is 1. The van der Waals surface area contributed by atoms with Crippen LogP contribution in [-0.4, -0.2) is 18.1 Å². The SMILES string of the molecule is CC1(C)C(N)C(C)(C)C1NC(=O)Nc1ccc(F)cc1. The highest BCUT2D eigenvalue weighted by Crippen LogP contribution is 2.52. The summed E-state index contributed by atoms with van der Waals surface area (Å²) in [7, 11) is 0. The summed E-state index contributed by atoms with van der Waals surface area (Å²) in [6.07, 6.45) is 0. The molecule has 0 spiro atoms. The van der Waals surface area contributed by atoms with Gasteiger partial charge in [-0.05, 0) is 24.3 Å². The summed E-state index contributed by atoms with van der Waals surface area (Å²) in [5, 5.41) is 5.67. The van der Waals surface area contributed by atoms with Crippen LogP contribution >= 0.6 is 0 Å². The molecule has 0 heterocycles. The molecule has 5 heteroatoms. The average Bonchev–Trinajstić information content (AvgIpc) is 2.37. The van der Waals surface area contributed by atoms with Gasteiger partial charge in [0, 0.05) is 28.6 Å². The Kier molecular flexibility index (Phi) is 3.50. The smallest absolute Gasteiger partial charge is 0.319 e. The number of nitrogens with one attached hydrogen (secondary N) is 2. The monoisotopic (exact) mass is 279 g/mol. The minimum absolute atomic E-state index is 0.00884. The molecule has 0 saturated heterocycles. The van der Waals surface area contributed by atoms with Crippen molar-refractivity contribution in [2.75, 3.05) is 5.32 Å². The van der Waals surface area contributed by atoms with Crippen LogP contribution in [0.15, 0.2) is 24.3 Å². The third-order valence-corrected chi connectivity index (χ3v) is 4.47. The topological polar surface area (TPSA) is 67.1 Å². The summed E-state index contributed by atoms with van der Waals surface area (Å²) >= 11 is 0. The zero-order chi connectivity index (χ0) is 15.1. The molecule has 1 aromatic rings. The number of benzene rings is 1. The Labute approximate surface area is 118 Å².